The molecule has 0 fully saturated rings. The maximum Gasteiger partial charge on any atom is 0.352 e. The fraction of sp³-hybridized carbons (Fsp3) is 0.238. The molecule has 156 valence electrons. The number of hydrogen-bond acceptors (Lipinski definition) is 4. The van der Waals surface area contributed by atoms with Crippen molar-refractivity contribution in [3.05, 3.63) is 92.3 Å². The van der Waals surface area contributed by atoms with Crippen molar-refractivity contribution in [3.8, 4) is 5.69 Å². The monoisotopic (exact) mass is 414 g/mol. The molecule has 0 aliphatic carbocycles. The molecule has 30 heavy (non-hydrogen) atoms. The number of halogens is 2. The average molecular weight is 414 g/mol. The molecular formula is C21H20F2N4O3. The summed E-state index contributed by atoms with van der Waals surface area (Å²) in [5.41, 5.74) is -2.74. The zero-order chi connectivity index (χ0) is 21.8. The Kier molecular flexibility index (Phi) is 6.20. The first-order chi connectivity index (χ1) is 14.3. The van der Waals surface area contributed by atoms with Crippen LogP contribution in [0.3, 0.4) is 0 Å². The van der Waals surface area contributed by atoms with E-state index in [4.69, 9.17) is 0 Å². The highest BCUT2D eigenvalue weighted by molar-refractivity contribution is 5.91. The van der Waals surface area contributed by atoms with Crippen LogP contribution in [0, 0.1) is 11.6 Å². The molecular weight excluding hydrogens is 394 g/mol. The molecule has 0 saturated carbocycles. The second-order valence-corrected chi connectivity index (χ2v) is 6.76. The number of aromatic nitrogens is 3. The maximum absolute atomic E-state index is 14.3. The van der Waals surface area contributed by atoms with E-state index in [1.807, 2.05) is 6.92 Å². The van der Waals surface area contributed by atoms with Gasteiger partial charge in [0.25, 0.3) is 11.5 Å². The molecule has 1 atom stereocenters. The van der Waals surface area contributed by atoms with Gasteiger partial charge in [-0.2, -0.15) is 9.78 Å². The zero-order valence-electron chi connectivity index (χ0n) is 16.4. The van der Waals surface area contributed by atoms with Crippen LogP contribution < -0.4 is 16.6 Å². The van der Waals surface area contributed by atoms with Crippen molar-refractivity contribution in [1.82, 2.24) is 19.7 Å². The number of amides is 1. The summed E-state index contributed by atoms with van der Waals surface area (Å²) in [5.74, 6) is -2.19. The van der Waals surface area contributed by atoms with Gasteiger partial charge in [-0.15, -0.1) is 0 Å². The van der Waals surface area contributed by atoms with Gasteiger partial charge in [0.05, 0.1) is 6.54 Å². The molecule has 1 heterocycles. The molecule has 9 heteroatoms. The summed E-state index contributed by atoms with van der Waals surface area (Å²) in [6, 6.07) is 10.7. The van der Waals surface area contributed by atoms with E-state index in [0.717, 1.165) is 6.07 Å². The lowest BCUT2D eigenvalue weighted by Crippen LogP contribution is -2.47. The van der Waals surface area contributed by atoms with Gasteiger partial charge >= 0.3 is 5.69 Å². The van der Waals surface area contributed by atoms with E-state index in [1.54, 1.807) is 13.0 Å². The fourth-order valence-corrected chi connectivity index (χ4v) is 2.77. The molecule has 0 saturated heterocycles. The van der Waals surface area contributed by atoms with Gasteiger partial charge in [0, 0.05) is 11.6 Å². The summed E-state index contributed by atoms with van der Waals surface area (Å²) in [5, 5.41) is 6.44. The van der Waals surface area contributed by atoms with E-state index in [1.165, 1.54) is 36.4 Å². The quantitative estimate of drug-likeness (QED) is 0.670. The van der Waals surface area contributed by atoms with E-state index in [2.05, 4.69) is 10.4 Å². The lowest BCUT2D eigenvalue weighted by Gasteiger charge is -2.14. The van der Waals surface area contributed by atoms with Crippen molar-refractivity contribution in [3.63, 3.8) is 0 Å². The summed E-state index contributed by atoms with van der Waals surface area (Å²) >= 11 is 0. The Balaban J connectivity index is 2.23. The van der Waals surface area contributed by atoms with Crippen molar-refractivity contribution in [2.75, 3.05) is 0 Å². The van der Waals surface area contributed by atoms with E-state index < -0.39 is 41.0 Å². The van der Waals surface area contributed by atoms with Gasteiger partial charge in [-0.3, -0.25) is 14.2 Å². The summed E-state index contributed by atoms with van der Waals surface area (Å²) < 4.78 is 29.8. The van der Waals surface area contributed by atoms with Crippen LogP contribution in [0.5, 0.6) is 0 Å². The van der Waals surface area contributed by atoms with Gasteiger partial charge in [-0.1, -0.05) is 37.3 Å². The Bertz CT molecular complexity index is 1200. The van der Waals surface area contributed by atoms with Crippen LogP contribution in [0.25, 0.3) is 5.69 Å². The number of nitrogens with zero attached hydrogens (tertiary/aromatic N) is 3. The minimum absolute atomic E-state index is 0.0660. The van der Waals surface area contributed by atoms with Crippen LogP contribution >= 0.6 is 0 Å². The summed E-state index contributed by atoms with van der Waals surface area (Å²) in [6.07, 6.45) is 0.599. The van der Waals surface area contributed by atoms with Crippen molar-refractivity contribution < 1.29 is 13.6 Å². The Morgan fingerprint density at radius 1 is 1.07 bits per heavy atom. The minimum atomic E-state index is -0.992. The fourth-order valence-electron chi connectivity index (χ4n) is 2.77. The standard InChI is InChI=1S/C21H20F2N4O3/c1-3-13(2)24-19(28)18-20(29)26(12-14-8-4-5-9-15(14)22)21(30)27(25-18)17-11-7-6-10-16(17)23/h4-11,13H,3,12H2,1-2H3,(H,24,28). The largest absolute Gasteiger partial charge is 0.352 e. The van der Waals surface area contributed by atoms with Crippen LogP contribution in [-0.4, -0.2) is 26.3 Å². The minimum Gasteiger partial charge on any atom is -0.348 e. The van der Waals surface area contributed by atoms with Gasteiger partial charge in [-0.05, 0) is 31.5 Å². The van der Waals surface area contributed by atoms with Gasteiger partial charge < -0.3 is 5.32 Å². The maximum atomic E-state index is 14.3. The van der Waals surface area contributed by atoms with Gasteiger partial charge in [0.1, 0.15) is 17.3 Å². The Hall–Kier alpha value is -3.62. The normalized spacial score (nSPS) is 11.9. The van der Waals surface area contributed by atoms with Gasteiger partial charge in [0.15, 0.2) is 0 Å². The highest BCUT2D eigenvalue weighted by atomic mass is 19.1. The molecule has 7 nitrogen and oxygen atoms in total. The molecule has 2 aromatic carbocycles. The van der Waals surface area contributed by atoms with E-state index >= 15 is 0 Å². The molecule has 1 amide bonds. The highest BCUT2D eigenvalue weighted by Crippen LogP contribution is 2.10. The molecule has 1 N–H and O–H groups in total. The van der Waals surface area contributed by atoms with Crippen LogP contribution in [-0.2, 0) is 6.54 Å². The van der Waals surface area contributed by atoms with E-state index in [-0.39, 0.29) is 17.3 Å². The molecule has 1 unspecified atom stereocenters. The summed E-state index contributed by atoms with van der Waals surface area (Å²) in [6.45, 7) is 3.14. The lowest BCUT2D eigenvalue weighted by molar-refractivity contribution is 0.0929. The SMILES string of the molecule is CCC(C)NC(=O)c1nn(-c2ccccc2F)c(=O)n(Cc2ccccc2F)c1=O. The van der Waals surface area contributed by atoms with Crippen LogP contribution in [0.1, 0.15) is 36.3 Å². The second kappa shape index (κ2) is 8.81. The van der Waals surface area contributed by atoms with Crippen molar-refractivity contribution in [2.24, 2.45) is 0 Å². The smallest absolute Gasteiger partial charge is 0.348 e. The third-order valence-electron chi connectivity index (χ3n) is 4.63. The number of benzene rings is 2. The molecule has 3 rings (SSSR count). The lowest BCUT2D eigenvalue weighted by atomic mass is 10.2. The van der Waals surface area contributed by atoms with Crippen LogP contribution in [0.4, 0.5) is 8.78 Å². The van der Waals surface area contributed by atoms with Crippen molar-refractivity contribution >= 4 is 5.91 Å². The average Bonchev–Trinajstić information content (AvgIpc) is 2.73. The summed E-state index contributed by atoms with van der Waals surface area (Å²) in [7, 11) is 0. The predicted octanol–water partition coefficient (Wildman–Crippen LogP) is 2.25. The van der Waals surface area contributed by atoms with Crippen molar-refractivity contribution in [1.29, 1.82) is 0 Å². The Labute approximate surface area is 170 Å². The zero-order valence-corrected chi connectivity index (χ0v) is 16.4. The van der Waals surface area contributed by atoms with E-state index in [0.29, 0.717) is 15.7 Å². The molecule has 0 radical (unpaired) electrons. The van der Waals surface area contributed by atoms with E-state index in [9.17, 15) is 23.2 Å². The Morgan fingerprint density at radius 3 is 2.33 bits per heavy atom. The van der Waals surface area contributed by atoms with Gasteiger partial charge in [0.2, 0.25) is 5.69 Å². The number of carbonyl (C=O) groups is 1. The first-order valence-electron chi connectivity index (χ1n) is 9.36. The van der Waals surface area contributed by atoms with Crippen LogP contribution in [0.2, 0.25) is 0 Å². The summed E-state index contributed by atoms with van der Waals surface area (Å²) in [4.78, 5) is 38.5. The van der Waals surface area contributed by atoms with Crippen LogP contribution in [0.15, 0.2) is 58.1 Å². The number of carbonyl (C=O) groups excluding carboxylic acids is 1. The third-order valence-corrected chi connectivity index (χ3v) is 4.63. The topological polar surface area (TPSA) is 86.0 Å². The number of rotatable bonds is 6. The Morgan fingerprint density at radius 2 is 1.70 bits per heavy atom. The second-order valence-electron chi connectivity index (χ2n) is 6.76. The molecule has 0 aliphatic heterocycles. The third kappa shape index (κ3) is 4.19. The molecule has 3 aromatic rings. The molecule has 0 bridgehead atoms. The molecule has 0 aliphatic rings. The first kappa shape index (κ1) is 21.1. The van der Waals surface area contributed by atoms with Crippen molar-refractivity contribution in [2.45, 2.75) is 32.9 Å². The molecule has 0 spiro atoms. The highest BCUT2D eigenvalue weighted by Gasteiger charge is 2.22. The van der Waals surface area contributed by atoms with Gasteiger partial charge in [-0.25, -0.2) is 13.6 Å². The first-order valence-corrected chi connectivity index (χ1v) is 9.36. The number of hydrogen-bond donors (Lipinski definition) is 1. The number of nitrogens with one attached hydrogen (secondary N) is 1. The predicted molar refractivity (Wildman–Crippen MR) is 107 cm³/mol. The number of para-hydroxylation sites is 1. The molecule has 1 aromatic heterocycles.